The second-order valence-electron chi connectivity index (χ2n) is 9.53. The molecule has 0 radical (unpaired) electrons. The van der Waals surface area contributed by atoms with E-state index in [0.29, 0.717) is 18.7 Å². The Morgan fingerprint density at radius 2 is 1.59 bits per heavy atom. The van der Waals surface area contributed by atoms with Gasteiger partial charge < -0.3 is 10.2 Å². The van der Waals surface area contributed by atoms with Gasteiger partial charge in [0.15, 0.2) is 0 Å². The number of hydrogen-bond acceptors (Lipinski definition) is 4. The van der Waals surface area contributed by atoms with Gasteiger partial charge in [0.25, 0.3) is 10.0 Å². The maximum Gasteiger partial charge on any atom is 0.264 e. The van der Waals surface area contributed by atoms with Crippen LogP contribution in [0.3, 0.4) is 0 Å². The molecule has 0 unspecified atom stereocenters. The molecule has 3 aromatic carbocycles. The van der Waals surface area contributed by atoms with Crippen LogP contribution in [-0.4, -0.2) is 44.3 Å². The van der Waals surface area contributed by atoms with Gasteiger partial charge in [-0.2, -0.15) is 0 Å². The van der Waals surface area contributed by atoms with Crippen molar-refractivity contribution in [3.05, 3.63) is 94.0 Å². The summed E-state index contributed by atoms with van der Waals surface area (Å²) >= 11 is 3.39. The average Bonchev–Trinajstić information content (AvgIpc) is 2.91. The van der Waals surface area contributed by atoms with Crippen LogP contribution in [0.1, 0.15) is 43.4 Å². The Hall–Kier alpha value is -3.17. The van der Waals surface area contributed by atoms with Crippen molar-refractivity contribution in [3.8, 4) is 0 Å². The SMILES string of the molecule is CCCNC(=O)[C@H](CC)N(Cc1cccc(C)c1)C(=O)CN(c1ccc(Br)cc1)S(=O)(=O)c1ccc(C)cc1. The molecule has 9 heteroatoms. The van der Waals surface area contributed by atoms with Gasteiger partial charge in [0.05, 0.1) is 10.6 Å². The fourth-order valence-corrected chi connectivity index (χ4v) is 5.94. The third-order valence-electron chi connectivity index (χ3n) is 6.37. The number of sulfonamides is 1. The molecule has 1 atom stereocenters. The lowest BCUT2D eigenvalue weighted by atomic mass is 10.1. The molecule has 0 aliphatic carbocycles. The van der Waals surface area contributed by atoms with Gasteiger partial charge in [0.1, 0.15) is 12.6 Å². The van der Waals surface area contributed by atoms with Crippen molar-refractivity contribution >= 4 is 43.5 Å². The van der Waals surface area contributed by atoms with Gasteiger partial charge in [-0.25, -0.2) is 8.42 Å². The Morgan fingerprint density at radius 1 is 0.923 bits per heavy atom. The molecule has 3 aromatic rings. The zero-order valence-electron chi connectivity index (χ0n) is 22.9. The number of hydrogen-bond donors (Lipinski definition) is 1. The molecule has 0 bridgehead atoms. The largest absolute Gasteiger partial charge is 0.354 e. The summed E-state index contributed by atoms with van der Waals surface area (Å²) in [5.41, 5.74) is 3.17. The number of carbonyl (C=O) groups excluding carboxylic acids is 2. The van der Waals surface area contributed by atoms with Crippen LogP contribution >= 0.6 is 15.9 Å². The maximum atomic E-state index is 14.0. The third-order valence-corrected chi connectivity index (χ3v) is 8.69. The van der Waals surface area contributed by atoms with Crippen molar-refractivity contribution in [1.82, 2.24) is 10.2 Å². The molecular formula is C30H36BrN3O4S. The highest BCUT2D eigenvalue weighted by atomic mass is 79.9. The number of aryl methyl sites for hydroxylation is 2. The molecule has 39 heavy (non-hydrogen) atoms. The first-order valence-corrected chi connectivity index (χ1v) is 15.3. The summed E-state index contributed by atoms with van der Waals surface area (Å²) in [6, 6.07) is 20.3. The lowest BCUT2D eigenvalue weighted by molar-refractivity contribution is -0.140. The van der Waals surface area contributed by atoms with Crippen LogP contribution in [-0.2, 0) is 26.2 Å². The molecule has 0 aromatic heterocycles. The Labute approximate surface area is 240 Å². The van der Waals surface area contributed by atoms with E-state index in [0.717, 1.165) is 31.9 Å². The number of anilines is 1. The van der Waals surface area contributed by atoms with E-state index in [1.807, 2.05) is 52.0 Å². The van der Waals surface area contributed by atoms with Gasteiger partial charge in [-0.15, -0.1) is 0 Å². The van der Waals surface area contributed by atoms with Crippen molar-refractivity contribution < 1.29 is 18.0 Å². The maximum absolute atomic E-state index is 14.0. The molecule has 7 nitrogen and oxygen atoms in total. The summed E-state index contributed by atoms with van der Waals surface area (Å²) in [4.78, 5) is 28.7. The number of rotatable bonds is 12. The molecule has 0 saturated carbocycles. The summed E-state index contributed by atoms with van der Waals surface area (Å²) in [5.74, 6) is -0.717. The van der Waals surface area contributed by atoms with E-state index in [1.54, 1.807) is 48.5 Å². The average molecular weight is 615 g/mol. The zero-order chi connectivity index (χ0) is 28.6. The van der Waals surface area contributed by atoms with Gasteiger partial charge in [-0.3, -0.25) is 13.9 Å². The molecule has 2 amide bonds. The van der Waals surface area contributed by atoms with Crippen molar-refractivity contribution in [2.45, 2.75) is 58.0 Å². The van der Waals surface area contributed by atoms with Gasteiger partial charge >= 0.3 is 0 Å². The molecule has 1 N–H and O–H groups in total. The minimum Gasteiger partial charge on any atom is -0.354 e. The van der Waals surface area contributed by atoms with E-state index in [1.165, 1.54) is 4.90 Å². The van der Waals surface area contributed by atoms with Crippen LogP contribution in [0.25, 0.3) is 0 Å². The quantitative estimate of drug-likeness (QED) is 0.288. The molecule has 0 spiro atoms. The molecule has 0 aliphatic heterocycles. The zero-order valence-corrected chi connectivity index (χ0v) is 25.3. The van der Waals surface area contributed by atoms with Gasteiger partial charge in [0, 0.05) is 17.6 Å². The summed E-state index contributed by atoms with van der Waals surface area (Å²) < 4.78 is 29.6. The van der Waals surface area contributed by atoms with Gasteiger partial charge in [-0.1, -0.05) is 77.3 Å². The molecule has 3 rings (SSSR count). The number of nitrogens with one attached hydrogen (secondary N) is 1. The highest BCUT2D eigenvalue weighted by molar-refractivity contribution is 9.10. The topological polar surface area (TPSA) is 86.8 Å². The van der Waals surface area contributed by atoms with Crippen molar-refractivity contribution in [2.75, 3.05) is 17.4 Å². The van der Waals surface area contributed by atoms with E-state index in [2.05, 4.69) is 21.2 Å². The summed E-state index contributed by atoms with van der Waals surface area (Å²) in [5, 5.41) is 2.90. The van der Waals surface area contributed by atoms with Crippen LogP contribution in [0.15, 0.2) is 82.2 Å². The lowest BCUT2D eigenvalue weighted by Gasteiger charge is -2.33. The Bertz CT molecular complexity index is 1380. The Balaban J connectivity index is 2.04. The standard InChI is InChI=1S/C30H36BrN3O4S/c1-5-18-32-30(36)28(6-2)33(20-24-9-7-8-23(4)19-24)29(35)21-34(26-14-12-25(31)13-15-26)39(37,38)27-16-10-22(3)11-17-27/h7-17,19,28H,5-6,18,20-21H2,1-4H3,(H,32,36)/t28-/m0/s1. The fourth-order valence-electron chi connectivity index (χ4n) is 4.27. The third kappa shape index (κ3) is 7.92. The molecule has 0 fully saturated rings. The van der Waals surface area contributed by atoms with E-state index in [-0.39, 0.29) is 17.3 Å². The fraction of sp³-hybridized carbons (Fsp3) is 0.333. The minimum atomic E-state index is -4.09. The molecule has 0 aliphatic rings. The number of halogens is 1. The normalized spacial score (nSPS) is 12.0. The van der Waals surface area contributed by atoms with E-state index in [9.17, 15) is 18.0 Å². The van der Waals surface area contributed by atoms with E-state index >= 15 is 0 Å². The second kappa shape index (κ2) is 13.8. The van der Waals surface area contributed by atoms with Crippen LogP contribution < -0.4 is 9.62 Å². The van der Waals surface area contributed by atoms with Crippen LogP contribution in [0.2, 0.25) is 0 Å². The predicted octanol–water partition coefficient (Wildman–Crippen LogP) is 5.59. The van der Waals surface area contributed by atoms with Crippen LogP contribution in [0.4, 0.5) is 5.69 Å². The summed E-state index contributed by atoms with van der Waals surface area (Å²) in [6.07, 6.45) is 1.15. The Kier molecular flexibility index (Phi) is 10.7. The van der Waals surface area contributed by atoms with Gasteiger partial charge in [-0.05, 0) is 68.7 Å². The smallest absolute Gasteiger partial charge is 0.264 e. The van der Waals surface area contributed by atoms with Crippen LogP contribution in [0, 0.1) is 13.8 Å². The Morgan fingerprint density at radius 3 is 2.18 bits per heavy atom. The number of carbonyl (C=O) groups is 2. The number of benzene rings is 3. The summed E-state index contributed by atoms with van der Waals surface area (Å²) in [6.45, 7) is 7.87. The first kappa shape index (κ1) is 30.4. The highest BCUT2D eigenvalue weighted by Crippen LogP contribution is 2.26. The first-order valence-electron chi connectivity index (χ1n) is 13.0. The highest BCUT2D eigenvalue weighted by Gasteiger charge is 2.33. The predicted molar refractivity (Wildman–Crippen MR) is 159 cm³/mol. The van der Waals surface area contributed by atoms with Crippen LogP contribution in [0.5, 0.6) is 0 Å². The molecule has 0 heterocycles. The second-order valence-corrected chi connectivity index (χ2v) is 12.3. The molecule has 0 saturated heterocycles. The van der Waals surface area contributed by atoms with Crippen molar-refractivity contribution in [1.29, 1.82) is 0 Å². The molecule has 208 valence electrons. The van der Waals surface area contributed by atoms with Gasteiger partial charge in [0.2, 0.25) is 11.8 Å². The van der Waals surface area contributed by atoms with E-state index in [4.69, 9.17) is 0 Å². The monoisotopic (exact) mass is 613 g/mol. The molecular weight excluding hydrogens is 578 g/mol. The first-order chi connectivity index (χ1) is 18.6. The number of nitrogens with zero attached hydrogens (tertiary/aromatic N) is 2. The minimum absolute atomic E-state index is 0.0850. The lowest BCUT2D eigenvalue weighted by Crippen LogP contribution is -2.52. The number of amides is 2. The van der Waals surface area contributed by atoms with Crippen molar-refractivity contribution in [3.63, 3.8) is 0 Å². The van der Waals surface area contributed by atoms with E-state index < -0.39 is 28.5 Å². The summed E-state index contributed by atoms with van der Waals surface area (Å²) in [7, 11) is -4.09. The van der Waals surface area contributed by atoms with Crippen molar-refractivity contribution in [2.24, 2.45) is 0 Å².